The molecule has 2 heterocycles. The lowest BCUT2D eigenvalue weighted by Gasteiger charge is -2.24. The standard InChI is InChI=1S/C20H21N3OS.ClH/c1-2-10-23-11-9-17-18(13-23)25-20(21-17)22-19(24)16-8-7-14-5-3-4-6-15(14)12-16;/h3-8,12H,2,9-11,13H2,1H3,(H,21,22,24);1H. The minimum absolute atomic E-state index is 0. The van der Waals surface area contributed by atoms with Crippen molar-refractivity contribution in [2.75, 3.05) is 18.4 Å². The van der Waals surface area contributed by atoms with Crippen LogP contribution in [0.5, 0.6) is 0 Å². The van der Waals surface area contributed by atoms with Gasteiger partial charge in [0, 0.05) is 30.0 Å². The Hall–Kier alpha value is -1.95. The van der Waals surface area contributed by atoms with Crippen LogP contribution in [0.25, 0.3) is 10.8 Å². The first-order valence-corrected chi connectivity index (χ1v) is 9.55. The Morgan fingerprint density at radius 3 is 2.85 bits per heavy atom. The maximum atomic E-state index is 12.6. The van der Waals surface area contributed by atoms with E-state index < -0.39 is 0 Å². The summed E-state index contributed by atoms with van der Waals surface area (Å²) in [4.78, 5) is 21.0. The van der Waals surface area contributed by atoms with Gasteiger partial charge >= 0.3 is 0 Å². The molecule has 0 aliphatic carbocycles. The summed E-state index contributed by atoms with van der Waals surface area (Å²) in [6, 6.07) is 13.9. The average molecular weight is 388 g/mol. The number of nitrogens with one attached hydrogen (secondary N) is 1. The molecule has 6 heteroatoms. The summed E-state index contributed by atoms with van der Waals surface area (Å²) in [5.74, 6) is -0.0951. The number of hydrogen-bond acceptors (Lipinski definition) is 4. The molecule has 1 aliphatic heterocycles. The van der Waals surface area contributed by atoms with Crippen LogP contribution in [0, 0.1) is 0 Å². The average Bonchev–Trinajstić information content (AvgIpc) is 3.03. The number of anilines is 1. The van der Waals surface area contributed by atoms with E-state index in [2.05, 4.69) is 22.1 Å². The molecule has 1 aromatic heterocycles. The number of carbonyl (C=O) groups excluding carboxylic acids is 1. The van der Waals surface area contributed by atoms with Crippen molar-refractivity contribution >= 4 is 45.6 Å². The number of rotatable bonds is 4. The Morgan fingerprint density at radius 2 is 2.04 bits per heavy atom. The Labute approximate surface area is 163 Å². The van der Waals surface area contributed by atoms with Gasteiger partial charge in [-0.3, -0.25) is 15.0 Å². The zero-order valence-corrected chi connectivity index (χ0v) is 16.3. The van der Waals surface area contributed by atoms with Crippen LogP contribution in [0.3, 0.4) is 0 Å². The lowest BCUT2D eigenvalue weighted by Crippen LogP contribution is -2.30. The van der Waals surface area contributed by atoms with Gasteiger partial charge in [-0.1, -0.05) is 37.3 Å². The Balaban J connectivity index is 0.00000196. The van der Waals surface area contributed by atoms with E-state index >= 15 is 0 Å². The van der Waals surface area contributed by atoms with Crippen LogP contribution in [0.15, 0.2) is 42.5 Å². The number of benzene rings is 2. The van der Waals surface area contributed by atoms with E-state index in [1.54, 1.807) is 11.3 Å². The molecule has 2 aromatic carbocycles. The smallest absolute Gasteiger partial charge is 0.257 e. The van der Waals surface area contributed by atoms with Crippen molar-refractivity contribution in [2.24, 2.45) is 0 Å². The zero-order chi connectivity index (χ0) is 17.2. The van der Waals surface area contributed by atoms with Gasteiger partial charge in [-0.2, -0.15) is 0 Å². The summed E-state index contributed by atoms with van der Waals surface area (Å²) in [5.41, 5.74) is 1.81. The fraction of sp³-hybridized carbons (Fsp3) is 0.300. The molecule has 3 aromatic rings. The molecule has 4 nitrogen and oxygen atoms in total. The van der Waals surface area contributed by atoms with Crippen molar-refractivity contribution < 1.29 is 4.79 Å². The fourth-order valence-electron chi connectivity index (χ4n) is 3.31. The molecule has 0 radical (unpaired) electrons. The number of hydrogen-bond donors (Lipinski definition) is 1. The lowest BCUT2D eigenvalue weighted by atomic mass is 10.1. The summed E-state index contributed by atoms with van der Waals surface area (Å²) >= 11 is 1.61. The van der Waals surface area contributed by atoms with E-state index in [0.717, 1.165) is 42.5 Å². The molecule has 0 fully saturated rings. The number of thiazole rings is 1. The van der Waals surface area contributed by atoms with Crippen LogP contribution in [0.2, 0.25) is 0 Å². The van der Waals surface area contributed by atoms with Crippen LogP contribution < -0.4 is 5.32 Å². The molecule has 0 unspecified atom stereocenters. The highest BCUT2D eigenvalue weighted by Crippen LogP contribution is 2.28. The number of aromatic nitrogens is 1. The van der Waals surface area contributed by atoms with Gasteiger partial charge in [-0.15, -0.1) is 23.7 Å². The normalized spacial score (nSPS) is 13.9. The van der Waals surface area contributed by atoms with Crippen molar-refractivity contribution in [2.45, 2.75) is 26.3 Å². The molecule has 1 N–H and O–H groups in total. The number of amides is 1. The highest BCUT2D eigenvalue weighted by atomic mass is 35.5. The van der Waals surface area contributed by atoms with Crippen LogP contribution >= 0.6 is 23.7 Å². The largest absolute Gasteiger partial charge is 0.298 e. The summed E-state index contributed by atoms with van der Waals surface area (Å²) in [6.45, 7) is 5.34. The second kappa shape index (κ2) is 8.16. The Morgan fingerprint density at radius 1 is 1.23 bits per heavy atom. The van der Waals surface area contributed by atoms with Gasteiger partial charge in [-0.05, 0) is 35.9 Å². The van der Waals surface area contributed by atoms with Gasteiger partial charge in [0.1, 0.15) is 0 Å². The third-order valence-electron chi connectivity index (χ3n) is 4.58. The molecule has 1 aliphatic rings. The predicted octanol–water partition coefficient (Wildman–Crippen LogP) is 4.74. The Kier molecular flexibility index (Phi) is 5.91. The second-order valence-corrected chi connectivity index (χ2v) is 7.51. The minimum Gasteiger partial charge on any atom is -0.298 e. The molecule has 136 valence electrons. The number of carbonyl (C=O) groups is 1. The van der Waals surface area contributed by atoms with E-state index in [1.807, 2.05) is 42.5 Å². The third-order valence-corrected chi connectivity index (χ3v) is 5.58. The van der Waals surface area contributed by atoms with E-state index in [9.17, 15) is 4.79 Å². The second-order valence-electron chi connectivity index (χ2n) is 6.43. The van der Waals surface area contributed by atoms with E-state index in [4.69, 9.17) is 0 Å². The topological polar surface area (TPSA) is 45.2 Å². The summed E-state index contributed by atoms with van der Waals surface area (Å²) in [6.07, 6.45) is 2.14. The van der Waals surface area contributed by atoms with Crippen LogP contribution in [-0.2, 0) is 13.0 Å². The third kappa shape index (κ3) is 3.90. The van der Waals surface area contributed by atoms with Gasteiger partial charge in [0.15, 0.2) is 5.13 Å². The van der Waals surface area contributed by atoms with Gasteiger partial charge in [0.05, 0.1) is 5.69 Å². The van der Waals surface area contributed by atoms with Crippen LogP contribution in [-0.4, -0.2) is 28.9 Å². The molecular weight excluding hydrogens is 366 g/mol. The SMILES string of the molecule is CCCN1CCc2nc(NC(=O)c3ccc4ccccc4c3)sc2C1.Cl. The van der Waals surface area contributed by atoms with Gasteiger partial charge in [0.2, 0.25) is 0 Å². The van der Waals surface area contributed by atoms with Crippen LogP contribution in [0.4, 0.5) is 5.13 Å². The quantitative estimate of drug-likeness (QED) is 0.703. The molecule has 0 bridgehead atoms. The highest BCUT2D eigenvalue weighted by Gasteiger charge is 2.21. The molecule has 26 heavy (non-hydrogen) atoms. The van der Waals surface area contributed by atoms with Gasteiger partial charge in [0.25, 0.3) is 5.91 Å². The molecule has 0 saturated carbocycles. The molecule has 0 atom stereocenters. The first kappa shape index (κ1) is 18.8. The predicted molar refractivity (Wildman–Crippen MR) is 111 cm³/mol. The van der Waals surface area contributed by atoms with E-state index in [0.29, 0.717) is 10.7 Å². The van der Waals surface area contributed by atoms with Crippen molar-refractivity contribution in [1.82, 2.24) is 9.88 Å². The maximum Gasteiger partial charge on any atom is 0.257 e. The molecule has 0 spiro atoms. The highest BCUT2D eigenvalue weighted by molar-refractivity contribution is 7.15. The fourth-order valence-corrected chi connectivity index (χ4v) is 4.35. The van der Waals surface area contributed by atoms with Crippen molar-refractivity contribution in [3.63, 3.8) is 0 Å². The summed E-state index contributed by atoms with van der Waals surface area (Å²) < 4.78 is 0. The first-order valence-electron chi connectivity index (χ1n) is 8.74. The summed E-state index contributed by atoms with van der Waals surface area (Å²) in [7, 11) is 0. The van der Waals surface area contributed by atoms with Gasteiger partial charge < -0.3 is 0 Å². The van der Waals surface area contributed by atoms with E-state index in [-0.39, 0.29) is 18.3 Å². The first-order chi connectivity index (χ1) is 12.2. The monoisotopic (exact) mass is 387 g/mol. The van der Waals surface area contributed by atoms with E-state index in [1.165, 1.54) is 11.3 Å². The van der Waals surface area contributed by atoms with Gasteiger partial charge in [-0.25, -0.2) is 4.98 Å². The number of halogens is 1. The molecule has 4 rings (SSSR count). The molecular formula is C20H22ClN3OS. The van der Waals surface area contributed by atoms with Crippen LogP contribution in [0.1, 0.15) is 34.3 Å². The van der Waals surface area contributed by atoms with Crippen molar-refractivity contribution in [3.05, 3.63) is 58.6 Å². The van der Waals surface area contributed by atoms with Crippen molar-refractivity contribution in [3.8, 4) is 0 Å². The Bertz CT molecular complexity index is 924. The maximum absolute atomic E-state index is 12.6. The minimum atomic E-state index is -0.0951. The molecule has 1 amide bonds. The van der Waals surface area contributed by atoms with Crippen molar-refractivity contribution in [1.29, 1.82) is 0 Å². The lowest BCUT2D eigenvalue weighted by molar-refractivity contribution is 0.102. The molecule has 0 saturated heterocycles. The zero-order valence-electron chi connectivity index (χ0n) is 14.7. The number of fused-ring (bicyclic) bond motifs is 2. The summed E-state index contributed by atoms with van der Waals surface area (Å²) in [5, 5.41) is 5.90. The number of nitrogens with zero attached hydrogens (tertiary/aromatic N) is 2.